The van der Waals surface area contributed by atoms with Crippen LogP contribution in [-0.2, 0) is 17.4 Å². The quantitative estimate of drug-likeness (QED) is 0.872. The Bertz CT molecular complexity index is 687. The van der Waals surface area contributed by atoms with Crippen LogP contribution in [-0.4, -0.2) is 15.9 Å². The van der Waals surface area contributed by atoms with Gasteiger partial charge in [0.1, 0.15) is 5.75 Å². The van der Waals surface area contributed by atoms with Gasteiger partial charge in [0.05, 0.1) is 18.4 Å². The van der Waals surface area contributed by atoms with E-state index in [-0.39, 0.29) is 11.4 Å². The largest absolute Gasteiger partial charge is 0.755 e. The minimum Gasteiger partial charge on any atom is -0.755 e. The predicted octanol–water partition coefficient (Wildman–Crippen LogP) is 3.59. The molecule has 0 saturated heterocycles. The molecule has 2 aromatic carbocycles. The average molecular weight is 330 g/mol. The number of methoxy groups -OCH3 is 1. The number of rotatable bonds is 4. The SMILES string of the molecule is COc1cc(-c2ccc(C(F)(F)F)cc2)ccc1NS(=O)[O-]. The number of nitrogens with one attached hydrogen (secondary N) is 1. The molecule has 0 amide bonds. The van der Waals surface area contributed by atoms with Crippen molar-refractivity contribution in [1.82, 2.24) is 0 Å². The molecule has 0 fully saturated rings. The van der Waals surface area contributed by atoms with Gasteiger partial charge in [-0.15, -0.1) is 0 Å². The van der Waals surface area contributed by atoms with Crippen LogP contribution in [0.2, 0.25) is 0 Å². The van der Waals surface area contributed by atoms with Crippen molar-refractivity contribution in [2.45, 2.75) is 6.18 Å². The Kier molecular flexibility index (Phi) is 4.72. The summed E-state index contributed by atoms with van der Waals surface area (Å²) in [6, 6.07) is 9.26. The van der Waals surface area contributed by atoms with Crippen molar-refractivity contribution in [1.29, 1.82) is 0 Å². The fraction of sp³-hybridized carbons (Fsp3) is 0.143. The third-order valence-electron chi connectivity index (χ3n) is 2.94. The van der Waals surface area contributed by atoms with Crippen LogP contribution in [0.1, 0.15) is 5.56 Å². The zero-order chi connectivity index (χ0) is 16.3. The highest BCUT2D eigenvalue weighted by Gasteiger charge is 2.29. The summed E-state index contributed by atoms with van der Waals surface area (Å²) in [7, 11) is 1.37. The Morgan fingerprint density at radius 1 is 1.09 bits per heavy atom. The average Bonchev–Trinajstić information content (AvgIpc) is 2.46. The highest BCUT2D eigenvalue weighted by atomic mass is 32.2. The Morgan fingerprint density at radius 2 is 1.68 bits per heavy atom. The minimum atomic E-state index is -4.39. The van der Waals surface area contributed by atoms with E-state index >= 15 is 0 Å². The molecule has 0 aliphatic rings. The lowest BCUT2D eigenvalue weighted by Crippen LogP contribution is -2.04. The molecule has 0 heterocycles. The van der Waals surface area contributed by atoms with E-state index in [1.807, 2.05) is 0 Å². The fourth-order valence-corrected chi connectivity index (χ4v) is 2.24. The summed E-state index contributed by atoms with van der Waals surface area (Å²) in [5.41, 5.74) is 0.670. The third-order valence-corrected chi connectivity index (χ3v) is 3.33. The number of benzene rings is 2. The maximum absolute atomic E-state index is 12.5. The summed E-state index contributed by atoms with van der Waals surface area (Å²) in [6.07, 6.45) is -4.39. The van der Waals surface area contributed by atoms with Gasteiger partial charge in [0, 0.05) is 11.3 Å². The molecule has 0 saturated carbocycles. The van der Waals surface area contributed by atoms with Crippen molar-refractivity contribution < 1.29 is 26.7 Å². The van der Waals surface area contributed by atoms with E-state index in [4.69, 9.17) is 4.74 Å². The number of alkyl halides is 3. The monoisotopic (exact) mass is 330 g/mol. The van der Waals surface area contributed by atoms with E-state index in [0.717, 1.165) is 12.1 Å². The molecule has 1 unspecified atom stereocenters. The number of hydrogen-bond acceptors (Lipinski definition) is 3. The van der Waals surface area contributed by atoms with Crippen LogP contribution in [0.15, 0.2) is 42.5 Å². The standard InChI is InChI=1S/C14H12F3NO3S/c1-21-13-8-10(4-7-12(13)18-22(19)20)9-2-5-11(6-3-9)14(15,16)17/h2-8,18H,1H3,(H,19,20)/p-1. The minimum absolute atomic E-state index is 0.242. The molecule has 118 valence electrons. The van der Waals surface area contributed by atoms with Crippen LogP contribution in [0.4, 0.5) is 18.9 Å². The lowest BCUT2D eigenvalue weighted by molar-refractivity contribution is -0.137. The van der Waals surface area contributed by atoms with Crippen molar-refractivity contribution >= 4 is 17.0 Å². The summed E-state index contributed by atoms with van der Waals surface area (Å²) in [6.45, 7) is 0. The van der Waals surface area contributed by atoms with E-state index < -0.39 is 23.0 Å². The molecule has 4 nitrogen and oxygen atoms in total. The summed E-state index contributed by atoms with van der Waals surface area (Å²) in [5, 5.41) is 0. The van der Waals surface area contributed by atoms with Gasteiger partial charge in [0.25, 0.3) is 0 Å². The Balaban J connectivity index is 2.35. The maximum atomic E-state index is 12.5. The molecule has 1 N–H and O–H groups in total. The molecule has 0 bridgehead atoms. The van der Waals surface area contributed by atoms with Gasteiger partial charge in [-0.05, 0) is 35.4 Å². The first-order valence-electron chi connectivity index (χ1n) is 6.03. The van der Waals surface area contributed by atoms with Gasteiger partial charge in [-0.2, -0.15) is 13.2 Å². The lowest BCUT2D eigenvalue weighted by Gasteiger charge is -2.14. The highest BCUT2D eigenvalue weighted by Crippen LogP contribution is 2.33. The maximum Gasteiger partial charge on any atom is 0.416 e. The lowest BCUT2D eigenvalue weighted by atomic mass is 10.0. The van der Waals surface area contributed by atoms with Crippen molar-refractivity contribution in [2.24, 2.45) is 0 Å². The second-order valence-corrected chi connectivity index (χ2v) is 5.00. The Morgan fingerprint density at radius 3 is 2.18 bits per heavy atom. The summed E-state index contributed by atoms with van der Waals surface area (Å²) in [5.74, 6) is 0.265. The smallest absolute Gasteiger partial charge is 0.416 e. The van der Waals surface area contributed by atoms with Crippen molar-refractivity contribution in [3.63, 3.8) is 0 Å². The topological polar surface area (TPSA) is 61.4 Å². The summed E-state index contributed by atoms with van der Waals surface area (Å²) in [4.78, 5) is 0. The molecule has 0 aromatic heterocycles. The van der Waals surface area contributed by atoms with Crippen molar-refractivity contribution in [3.05, 3.63) is 48.0 Å². The molecule has 0 aliphatic carbocycles. The predicted molar refractivity (Wildman–Crippen MR) is 76.0 cm³/mol. The molecule has 22 heavy (non-hydrogen) atoms. The second-order valence-electron chi connectivity index (χ2n) is 4.33. The fourth-order valence-electron chi connectivity index (χ4n) is 1.90. The van der Waals surface area contributed by atoms with Crippen molar-refractivity contribution in [3.8, 4) is 16.9 Å². The van der Waals surface area contributed by atoms with Crippen LogP contribution in [0.5, 0.6) is 5.75 Å². The molecular weight excluding hydrogens is 319 g/mol. The number of hydrogen-bond donors (Lipinski definition) is 1. The van der Waals surface area contributed by atoms with Crippen LogP contribution in [0, 0.1) is 0 Å². The van der Waals surface area contributed by atoms with Gasteiger partial charge >= 0.3 is 6.18 Å². The molecule has 8 heteroatoms. The van der Waals surface area contributed by atoms with Gasteiger partial charge in [-0.25, -0.2) is 0 Å². The normalized spacial score (nSPS) is 12.8. The number of ether oxygens (including phenoxy) is 1. The van der Waals surface area contributed by atoms with E-state index in [9.17, 15) is 21.9 Å². The van der Waals surface area contributed by atoms with Gasteiger partial charge in [-0.1, -0.05) is 18.2 Å². The van der Waals surface area contributed by atoms with Crippen molar-refractivity contribution in [2.75, 3.05) is 11.8 Å². The summed E-state index contributed by atoms with van der Waals surface area (Å²) >= 11 is -2.50. The Hall–Kier alpha value is -2.06. The van der Waals surface area contributed by atoms with E-state index in [0.29, 0.717) is 11.1 Å². The van der Waals surface area contributed by atoms with Gasteiger partial charge in [-0.3, -0.25) is 4.21 Å². The molecule has 2 rings (SSSR count). The molecule has 0 radical (unpaired) electrons. The first-order chi connectivity index (χ1) is 10.3. The van der Waals surface area contributed by atoms with Gasteiger partial charge in [0.15, 0.2) is 0 Å². The van der Waals surface area contributed by atoms with E-state index in [1.165, 1.54) is 31.4 Å². The third kappa shape index (κ3) is 3.77. The van der Waals surface area contributed by atoms with Crippen LogP contribution in [0.25, 0.3) is 11.1 Å². The summed E-state index contributed by atoms with van der Waals surface area (Å²) < 4.78 is 66.1. The first kappa shape index (κ1) is 16.3. The molecule has 0 spiro atoms. The van der Waals surface area contributed by atoms with Crippen LogP contribution < -0.4 is 9.46 Å². The molecular formula is C14H11F3NO3S-. The van der Waals surface area contributed by atoms with Gasteiger partial charge < -0.3 is 14.0 Å². The highest BCUT2D eigenvalue weighted by molar-refractivity contribution is 7.80. The number of halogens is 3. The molecule has 0 aliphatic heterocycles. The second kappa shape index (κ2) is 6.37. The van der Waals surface area contributed by atoms with Crippen LogP contribution >= 0.6 is 0 Å². The Labute approximate surface area is 127 Å². The zero-order valence-electron chi connectivity index (χ0n) is 11.3. The number of anilines is 1. The van der Waals surface area contributed by atoms with Gasteiger partial charge in [0.2, 0.25) is 0 Å². The first-order valence-corrected chi connectivity index (χ1v) is 7.10. The van der Waals surface area contributed by atoms with E-state index in [1.54, 1.807) is 6.07 Å². The molecule has 2 aromatic rings. The van der Waals surface area contributed by atoms with Crippen LogP contribution in [0.3, 0.4) is 0 Å². The van der Waals surface area contributed by atoms with E-state index in [2.05, 4.69) is 4.72 Å². The molecule has 1 atom stereocenters. The zero-order valence-corrected chi connectivity index (χ0v) is 12.1.